The Hall–Kier alpha value is -2.50. The Morgan fingerprint density at radius 3 is 2.50 bits per heavy atom. The average Bonchev–Trinajstić information content (AvgIpc) is 2.86. The number of rotatable bonds is 6. The maximum atomic E-state index is 12.3. The van der Waals surface area contributed by atoms with Crippen molar-refractivity contribution < 1.29 is 9.53 Å². The molecule has 2 amide bonds. The van der Waals surface area contributed by atoms with Crippen molar-refractivity contribution in [1.82, 2.24) is 14.7 Å². The van der Waals surface area contributed by atoms with Crippen LogP contribution in [0, 0.1) is 13.8 Å². The summed E-state index contributed by atoms with van der Waals surface area (Å²) in [5, 5.41) is 7.41. The molecule has 130 valence electrons. The number of carbonyl (C=O) groups is 1. The highest BCUT2D eigenvalue weighted by Gasteiger charge is 2.14. The first-order valence-corrected chi connectivity index (χ1v) is 8.15. The maximum absolute atomic E-state index is 12.3. The summed E-state index contributed by atoms with van der Waals surface area (Å²) < 4.78 is 7.11. The van der Waals surface area contributed by atoms with Gasteiger partial charge in [0.25, 0.3) is 0 Å². The number of nitrogens with zero attached hydrogens (tertiary/aromatic N) is 3. The Labute approximate surface area is 143 Å². The first-order chi connectivity index (χ1) is 11.5. The van der Waals surface area contributed by atoms with Crippen molar-refractivity contribution in [3.05, 3.63) is 41.2 Å². The molecule has 0 aliphatic rings. The monoisotopic (exact) mass is 330 g/mol. The van der Waals surface area contributed by atoms with Gasteiger partial charge in [-0.1, -0.05) is 0 Å². The predicted octanol–water partition coefficient (Wildman–Crippen LogP) is 3.23. The SMILES string of the molecule is CCn1nc(C)c(CCN(C)C(=O)Nc2ccc(OC)cc2)c1C. The molecule has 0 atom stereocenters. The van der Waals surface area contributed by atoms with Gasteiger partial charge in [-0.05, 0) is 57.0 Å². The van der Waals surface area contributed by atoms with E-state index in [-0.39, 0.29) is 6.03 Å². The first kappa shape index (κ1) is 17.8. The molecule has 1 heterocycles. The van der Waals surface area contributed by atoms with E-state index in [4.69, 9.17) is 4.74 Å². The number of methoxy groups -OCH3 is 1. The van der Waals surface area contributed by atoms with Crippen LogP contribution in [0.15, 0.2) is 24.3 Å². The molecule has 0 spiro atoms. The van der Waals surface area contributed by atoms with Gasteiger partial charge in [0, 0.05) is 31.5 Å². The van der Waals surface area contributed by atoms with Crippen molar-refractivity contribution in [2.45, 2.75) is 33.7 Å². The Bertz CT molecular complexity index is 692. The number of carbonyl (C=O) groups excluding carboxylic acids is 1. The lowest BCUT2D eigenvalue weighted by molar-refractivity contribution is 0.223. The third-order valence-electron chi connectivity index (χ3n) is 4.22. The van der Waals surface area contributed by atoms with Crippen LogP contribution in [0.5, 0.6) is 5.75 Å². The molecule has 0 bridgehead atoms. The minimum Gasteiger partial charge on any atom is -0.497 e. The minimum atomic E-state index is -0.127. The standard InChI is InChI=1S/C18H26N4O2/c1-6-22-14(3)17(13(2)20-22)11-12-21(4)18(23)19-15-7-9-16(24-5)10-8-15/h7-10H,6,11-12H2,1-5H3,(H,19,23). The summed E-state index contributed by atoms with van der Waals surface area (Å²) in [6.45, 7) is 7.68. The van der Waals surface area contributed by atoms with E-state index in [0.717, 1.165) is 30.1 Å². The van der Waals surface area contributed by atoms with Crippen LogP contribution in [0.1, 0.15) is 23.9 Å². The van der Waals surface area contributed by atoms with Crippen LogP contribution in [-0.4, -0.2) is 41.4 Å². The van der Waals surface area contributed by atoms with Gasteiger partial charge in [0.2, 0.25) is 0 Å². The van der Waals surface area contributed by atoms with Gasteiger partial charge in [0.05, 0.1) is 12.8 Å². The second kappa shape index (κ2) is 7.86. The van der Waals surface area contributed by atoms with Crippen LogP contribution in [-0.2, 0) is 13.0 Å². The van der Waals surface area contributed by atoms with Gasteiger partial charge in [0.15, 0.2) is 0 Å². The number of anilines is 1. The molecule has 2 rings (SSSR count). The number of likely N-dealkylation sites (N-methyl/N-ethyl adjacent to an activating group) is 1. The zero-order chi connectivity index (χ0) is 17.7. The number of urea groups is 1. The number of hydrogen-bond donors (Lipinski definition) is 1. The summed E-state index contributed by atoms with van der Waals surface area (Å²) in [7, 11) is 3.42. The van der Waals surface area contributed by atoms with E-state index in [0.29, 0.717) is 6.54 Å². The molecule has 6 nitrogen and oxygen atoms in total. The molecule has 0 saturated heterocycles. The second-order valence-corrected chi connectivity index (χ2v) is 5.80. The van der Waals surface area contributed by atoms with Gasteiger partial charge in [-0.2, -0.15) is 5.10 Å². The zero-order valence-electron chi connectivity index (χ0n) is 15.1. The molecule has 24 heavy (non-hydrogen) atoms. The summed E-state index contributed by atoms with van der Waals surface area (Å²) in [5.41, 5.74) is 4.19. The van der Waals surface area contributed by atoms with Gasteiger partial charge in [-0.15, -0.1) is 0 Å². The van der Waals surface area contributed by atoms with E-state index in [9.17, 15) is 4.79 Å². The molecule has 2 aromatic rings. The van der Waals surface area contributed by atoms with Gasteiger partial charge in [0.1, 0.15) is 5.75 Å². The highest BCUT2D eigenvalue weighted by Crippen LogP contribution is 2.16. The fourth-order valence-electron chi connectivity index (χ4n) is 2.68. The van der Waals surface area contributed by atoms with Gasteiger partial charge in [-0.25, -0.2) is 4.79 Å². The Morgan fingerprint density at radius 2 is 1.96 bits per heavy atom. The van der Waals surface area contributed by atoms with Crippen LogP contribution < -0.4 is 10.1 Å². The number of aromatic nitrogens is 2. The van der Waals surface area contributed by atoms with Gasteiger partial charge in [-0.3, -0.25) is 4.68 Å². The molecule has 1 N–H and O–H groups in total. The summed E-state index contributed by atoms with van der Waals surface area (Å²) >= 11 is 0. The van der Waals surface area contributed by atoms with Gasteiger partial charge >= 0.3 is 6.03 Å². The van der Waals surface area contributed by atoms with Crippen LogP contribution in [0.3, 0.4) is 0 Å². The van der Waals surface area contributed by atoms with Crippen molar-refractivity contribution in [2.24, 2.45) is 0 Å². The molecule has 0 aliphatic heterocycles. The third kappa shape index (κ3) is 4.07. The molecule has 0 saturated carbocycles. The second-order valence-electron chi connectivity index (χ2n) is 5.80. The molecule has 1 aromatic heterocycles. The minimum absolute atomic E-state index is 0.127. The van der Waals surface area contributed by atoms with E-state index in [2.05, 4.69) is 24.3 Å². The molecule has 0 aliphatic carbocycles. The lowest BCUT2D eigenvalue weighted by Gasteiger charge is -2.18. The average molecular weight is 330 g/mol. The molecule has 0 unspecified atom stereocenters. The smallest absolute Gasteiger partial charge is 0.321 e. The summed E-state index contributed by atoms with van der Waals surface area (Å²) in [6.07, 6.45) is 0.796. The highest BCUT2D eigenvalue weighted by atomic mass is 16.5. The Kier molecular flexibility index (Phi) is 5.84. The molecular formula is C18H26N4O2. The number of ether oxygens (including phenoxy) is 1. The fraction of sp³-hybridized carbons (Fsp3) is 0.444. The Morgan fingerprint density at radius 1 is 1.29 bits per heavy atom. The lowest BCUT2D eigenvalue weighted by Crippen LogP contribution is -2.33. The largest absolute Gasteiger partial charge is 0.497 e. The summed E-state index contributed by atoms with van der Waals surface area (Å²) in [4.78, 5) is 14.0. The molecule has 6 heteroatoms. The maximum Gasteiger partial charge on any atom is 0.321 e. The zero-order valence-corrected chi connectivity index (χ0v) is 15.1. The fourth-order valence-corrected chi connectivity index (χ4v) is 2.68. The van der Waals surface area contributed by atoms with Crippen LogP contribution in [0.4, 0.5) is 10.5 Å². The number of hydrogen-bond acceptors (Lipinski definition) is 3. The Balaban J connectivity index is 1.93. The molecule has 0 fully saturated rings. The van der Waals surface area contributed by atoms with Crippen molar-refractivity contribution in [3.63, 3.8) is 0 Å². The van der Waals surface area contributed by atoms with Crippen molar-refractivity contribution >= 4 is 11.7 Å². The van der Waals surface area contributed by atoms with Crippen LogP contribution in [0.25, 0.3) is 0 Å². The topological polar surface area (TPSA) is 59.4 Å². The van der Waals surface area contributed by atoms with E-state index in [1.807, 2.05) is 35.9 Å². The molecule has 0 radical (unpaired) electrons. The van der Waals surface area contributed by atoms with Crippen molar-refractivity contribution in [3.8, 4) is 5.75 Å². The lowest BCUT2D eigenvalue weighted by atomic mass is 10.1. The number of nitrogens with one attached hydrogen (secondary N) is 1. The normalized spacial score (nSPS) is 10.5. The number of aryl methyl sites for hydroxylation is 2. The highest BCUT2D eigenvalue weighted by molar-refractivity contribution is 5.89. The molecular weight excluding hydrogens is 304 g/mol. The number of amides is 2. The van der Waals surface area contributed by atoms with Gasteiger partial charge < -0.3 is 15.0 Å². The quantitative estimate of drug-likeness (QED) is 0.884. The summed E-state index contributed by atoms with van der Waals surface area (Å²) in [6, 6.07) is 7.16. The van der Waals surface area contributed by atoms with E-state index >= 15 is 0 Å². The predicted molar refractivity (Wildman–Crippen MR) is 95.7 cm³/mol. The van der Waals surface area contributed by atoms with Crippen LogP contribution in [0.2, 0.25) is 0 Å². The number of benzene rings is 1. The van der Waals surface area contributed by atoms with Crippen LogP contribution >= 0.6 is 0 Å². The summed E-state index contributed by atoms with van der Waals surface area (Å²) in [5.74, 6) is 0.764. The van der Waals surface area contributed by atoms with E-state index in [1.54, 1.807) is 19.1 Å². The third-order valence-corrected chi connectivity index (χ3v) is 4.22. The molecule has 1 aromatic carbocycles. The van der Waals surface area contributed by atoms with Crippen molar-refractivity contribution in [1.29, 1.82) is 0 Å². The van der Waals surface area contributed by atoms with Crippen molar-refractivity contribution in [2.75, 3.05) is 26.0 Å². The first-order valence-electron chi connectivity index (χ1n) is 8.15. The van der Waals surface area contributed by atoms with E-state index < -0.39 is 0 Å². The van der Waals surface area contributed by atoms with E-state index in [1.165, 1.54) is 11.3 Å².